The van der Waals surface area contributed by atoms with Gasteiger partial charge in [-0.05, 0) is 56.6 Å². The van der Waals surface area contributed by atoms with Crippen LogP contribution in [0.4, 0.5) is 0 Å². The fourth-order valence-corrected chi connectivity index (χ4v) is 3.99. The molecule has 0 saturated carbocycles. The lowest BCUT2D eigenvalue weighted by molar-refractivity contribution is 0.00695. The number of benzene rings is 2. The number of rotatable bonds is 7. The lowest BCUT2D eigenvalue weighted by Crippen LogP contribution is -2.23. The quantitative estimate of drug-likeness (QED) is 0.245. The number of carbonyl (C=O) groups is 1. The number of hydrogen-bond acceptors (Lipinski definition) is 3. The molecule has 0 aliphatic carbocycles. The standard InChI is InChI=1S/C25H33NO3Si/c1-25(2,3)29-24(27)20-13-11-19(12-14-20)23-17-21-9-7-8-10-22(21)26(23)18-28-15-16-30(4,5)6/h7-14,17H,15-16,18H2,1-6H3. The van der Waals surface area contributed by atoms with Crippen LogP contribution in [0.15, 0.2) is 54.6 Å². The Hall–Kier alpha value is -2.37. The molecule has 0 atom stereocenters. The summed E-state index contributed by atoms with van der Waals surface area (Å²) in [5, 5.41) is 1.18. The van der Waals surface area contributed by atoms with Crippen molar-refractivity contribution in [3.8, 4) is 11.3 Å². The number of nitrogens with zero attached hydrogens (tertiary/aromatic N) is 1. The predicted molar refractivity (Wildman–Crippen MR) is 127 cm³/mol. The predicted octanol–water partition coefficient (Wildman–Crippen LogP) is 6.58. The first kappa shape index (κ1) is 22.3. The van der Waals surface area contributed by atoms with Gasteiger partial charge in [0.1, 0.15) is 12.3 Å². The number of carbonyl (C=O) groups excluding carboxylic acids is 1. The summed E-state index contributed by atoms with van der Waals surface area (Å²) in [5.74, 6) is -0.302. The van der Waals surface area contributed by atoms with Crippen LogP contribution in [0.25, 0.3) is 22.2 Å². The molecule has 1 heterocycles. The smallest absolute Gasteiger partial charge is 0.338 e. The average molecular weight is 424 g/mol. The van der Waals surface area contributed by atoms with Crippen molar-refractivity contribution in [1.82, 2.24) is 4.57 Å². The van der Waals surface area contributed by atoms with E-state index in [2.05, 4.69) is 48.5 Å². The van der Waals surface area contributed by atoms with Gasteiger partial charge < -0.3 is 14.0 Å². The molecule has 0 spiro atoms. The van der Waals surface area contributed by atoms with Crippen molar-refractivity contribution in [3.63, 3.8) is 0 Å². The average Bonchev–Trinajstić information content (AvgIpc) is 3.02. The van der Waals surface area contributed by atoms with Gasteiger partial charge in [-0.2, -0.15) is 0 Å². The Morgan fingerprint density at radius 1 is 1.00 bits per heavy atom. The van der Waals surface area contributed by atoms with E-state index in [1.54, 1.807) is 0 Å². The van der Waals surface area contributed by atoms with Crippen molar-refractivity contribution in [2.75, 3.05) is 6.61 Å². The Balaban J connectivity index is 1.85. The topological polar surface area (TPSA) is 40.5 Å². The van der Waals surface area contributed by atoms with Crippen LogP contribution in [0, 0.1) is 0 Å². The maximum absolute atomic E-state index is 12.3. The lowest BCUT2D eigenvalue weighted by atomic mass is 10.1. The van der Waals surface area contributed by atoms with Crippen molar-refractivity contribution in [2.24, 2.45) is 0 Å². The van der Waals surface area contributed by atoms with E-state index in [-0.39, 0.29) is 5.97 Å². The highest BCUT2D eigenvalue weighted by molar-refractivity contribution is 6.76. The van der Waals surface area contributed by atoms with Crippen molar-refractivity contribution >= 4 is 24.9 Å². The zero-order chi connectivity index (χ0) is 21.9. The zero-order valence-corrected chi connectivity index (χ0v) is 20.0. The number of hydrogen-bond donors (Lipinski definition) is 0. The summed E-state index contributed by atoms with van der Waals surface area (Å²) in [7, 11) is -1.12. The highest BCUT2D eigenvalue weighted by atomic mass is 28.3. The van der Waals surface area contributed by atoms with Crippen LogP contribution >= 0.6 is 0 Å². The Labute approximate surface area is 180 Å². The van der Waals surface area contributed by atoms with Crippen LogP contribution in [-0.4, -0.2) is 30.8 Å². The van der Waals surface area contributed by atoms with E-state index < -0.39 is 13.7 Å². The number of esters is 1. The summed E-state index contributed by atoms with van der Waals surface area (Å²) in [6.45, 7) is 14.0. The third-order valence-electron chi connectivity index (χ3n) is 4.84. The fraction of sp³-hybridized carbons (Fsp3) is 0.400. The number of aromatic nitrogens is 1. The Kier molecular flexibility index (Phi) is 6.53. The van der Waals surface area contributed by atoms with E-state index in [4.69, 9.17) is 9.47 Å². The monoisotopic (exact) mass is 423 g/mol. The second kappa shape index (κ2) is 8.78. The molecule has 3 rings (SSSR count). The molecule has 5 heteroatoms. The van der Waals surface area contributed by atoms with E-state index in [0.717, 1.165) is 29.4 Å². The molecule has 1 aromatic heterocycles. The van der Waals surface area contributed by atoms with Crippen molar-refractivity contribution in [3.05, 3.63) is 60.2 Å². The second-order valence-corrected chi connectivity index (χ2v) is 15.6. The molecule has 0 bridgehead atoms. The second-order valence-electron chi connectivity index (χ2n) is 9.94. The summed E-state index contributed by atoms with van der Waals surface area (Å²) in [4.78, 5) is 12.3. The van der Waals surface area contributed by atoms with Gasteiger partial charge >= 0.3 is 5.97 Å². The van der Waals surface area contributed by atoms with E-state index >= 15 is 0 Å². The first-order valence-electron chi connectivity index (χ1n) is 10.5. The zero-order valence-electron chi connectivity index (χ0n) is 19.0. The van der Waals surface area contributed by atoms with Gasteiger partial charge in [0, 0.05) is 20.1 Å². The number of ether oxygens (including phenoxy) is 2. The molecule has 4 nitrogen and oxygen atoms in total. The van der Waals surface area contributed by atoms with Crippen LogP contribution < -0.4 is 0 Å². The molecule has 30 heavy (non-hydrogen) atoms. The van der Waals surface area contributed by atoms with Gasteiger partial charge in [0.2, 0.25) is 0 Å². The summed E-state index contributed by atoms with van der Waals surface area (Å²) in [5.41, 5.74) is 3.33. The highest BCUT2D eigenvalue weighted by Gasteiger charge is 2.18. The molecule has 0 saturated heterocycles. The molecule has 0 amide bonds. The summed E-state index contributed by atoms with van der Waals surface area (Å²) < 4.78 is 13.7. The third-order valence-corrected chi connectivity index (χ3v) is 6.55. The molecule has 160 valence electrons. The van der Waals surface area contributed by atoms with Gasteiger partial charge in [-0.25, -0.2) is 4.79 Å². The van der Waals surface area contributed by atoms with Crippen LogP contribution in [0.1, 0.15) is 31.1 Å². The van der Waals surface area contributed by atoms with Gasteiger partial charge in [-0.3, -0.25) is 0 Å². The molecule has 0 radical (unpaired) electrons. The van der Waals surface area contributed by atoms with Crippen molar-refractivity contribution in [1.29, 1.82) is 0 Å². The summed E-state index contributed by atoms with van der Waals surface area (Å²) in [6.07, 6.45) is 0. The molecule has 0 aliphatic heterocycles. The first-order chi connectivity index (χ1) is 14.0. The van der Waals surface area contributed by atoms with Crippen LogP contribution in [-0.2, 0) is 16.2 Å². The van der Waals surface area contributed by atoms with Crippen LogP contribution in [0.5, 0.6) is 0 Å². The maximum Gasteiger partial charge on any atom is 0.338 e. The van der Waals surface area contributed by atoms with Gasteiger partial charge in [-0.15, -0.1) is 0 Å². The van der Waals surface area contributed by atoms with Crippen LogP contribution in [0.2, 0.25) is 25.7 Å². The van der Waals surface area contributed by atoms with E-state index in [1.807, 2.05) is 51.1 Å². The normalized spacial score (nSPS) is 12.3. The number of fused-ring (bicyclic) bond motifs is 1. The van der Waals surface area contributed by atoms with Crippen molar-refractivity contribution < 1.29 is 14.3 Å². The molecule has 0 fully saturated rings. The van der Waals surface area contributed by atoms with E-state index in [0.29, 0.717) is 12.3 Å². The minimum absolute atomic E-state index is 0.302. The molecule has 2 aromatic carbocycles. The van der Waals surface area contributed by atoms with E-state index in [9.17, 15) is 4.79 Å². The maximum atomic E-state index is 12.3. The molecule has 0 unspecified atom stereocenters. The Morgan fingerprint density at radius 2 is 1.67 bits per heavy atom. The minimum Gasteiger partial charge on any atom is -0.456 e. The van der Waals surface area contributed by atoms with E-state index in [1.165, 1.54) is 5.39 Å². The van der Waals surface area contributed by atoms with Gasteiger partial charge in [0.25, 0.3) is 0 Å². The Morgan fingerprint density at radius 3 is 2.30 bits per heavy atom. The molecule has 0 aliphatic rings. The SMILES string of the molecule is CC(C)(C)OC(=O)c1ccc(-c2cc3ccccc3n2COCC[Si](C)(C)C)cc1. The first-order valence-corrected chi connectivity index (χ1v) is 14.2. The minimum atomic E-state index is -1.12. The summed E-state index contributed by atoms with van der Waals surface area (Å²) in [6, 6.07) is 19.3. The molecule has 3 aromatic rings. The third kappa shape index (κ3) is 5.83. The Bertz CT molecular complexity index is 1010. The molecular weight excluding hydrogens is 390 g/mol. The number of para-hydroxylation sites is 1. The molecule has 0 N–H and O–H groups in total. The highest BCUT2D eigenvalue weighted by Crippen LogP contribution is 2.29. The van der Waals surface area contributed by atoms with Gasteiger partial charge in [-0.1, -0.05) is 50.0 Å². The van der Waals surface area contributed by atoms with Crippen LogP contribution in [0.3, 0.4) is 0 Å². The largest absolute Gasteiger partial charge is 0.456 e. The molecular formula is C25H33NO3Si. The van der Waals surface area contributed by atoms with Gasteiger partial charge in [0.15, 0.2) is 0 Å². The fourth-order valence-electron chi connectivity index (χ4n) is 3.24. The van der Waals surface area contributed by atoms with Crippen molar-refractivity contribution in [2.45, 2.75) is 58.8 Å². The van der Waals surface area contributed by atoms with Gasteiger partial charge in [0.05, 0.1) is 16.8 Å². The lowest BCUT2D eigenvalue weighted by Gasteiger charge is -2.19. The summed E-state index contributed by atoms with van der Waals surface area (Å²) >= 11 is 0.